The molecule has 0 amide bonds. The second-order valence-electron chi connectivity index (χ2n) is 7.12. The fraction of sp³-hybridized carbons (Fsp3) is 1.00. The summed E-state index contributed by atoms with van der Waals surface area (Å²) < 4.78 is 0. The molecule has 0 rings (SSSR count). The summed E-state index contributed by atoms with van der Waals surface area (Å²) in [6.45, 7) is 21.6. The first-order chi connectivity index (χ1) is 6.37. The zero-order chi connectivity index (χ0) is 13.1. The summed E-state index contributed by atoms with van der Waals surface area (Å²) in [6, 6.07) is 0. The predicted octanol–water partition coefficient (Wildman–Crippen LogP) is 5.44. The molecule has 0 aliphatic heterocycles. The van der Waals surface area contributed by atoms with Crippen LogP contribution in [0.2, 0.25) is 0 Å². The minimum atomic E-state index is -0.391. The van der Waals surface area contributed by atoms with Crippen LogP contribution >= 0.6 is 20.9 Å². The number of hydrogen-bond acceptors (Lipinski definition) is 0. The van der Waals surface area contributed by atoms with Crippen LogP contribution in [0, 0.1) is 0 Å². The summed E-state index contributed by atoms with van der Waals surface area (Å²) in [4.78, 5) is 0. The molecule has 0 spiro atoms. The fourth-order valence-corrected chi connectivity index (χ4v) is 10.1. The third-order valence-corrected chi connectivity index (χ3v) is 6.75. The Kier molecular flexibility index (Phi) is 8.29. The van der Waals surface area contributed by atoms with Crippen molar-refractivity contribution in [1.82, 2.24) is 0 Å². The molecule has 0 N–H and O–H groups in total. The Labute approximate surface area is 117 Å². The van der Waals surface area contributed by atoms with Gasteiger partial charge in [-0.25, -0.2) is 0 Å². The van der Waals surface area contributed by atoms with E-state index >= 15 is 0 Å². The van der Waals surface area contributed by atoms with Crippen LogP contribution in [-0.4, -0.2) is 15.5 Å². The third-order valence-electron chi connectivity index (χ3n) is 2.25. The van der Waals surface area contributed by atoms with Gasteiger partial charge in [-0.05, 0) is 62.3 Å². The van der Waals surface area contributed by atoms with E-state index in [4.69, 9.17) is 0 Å². The Bertz CT molecular complexity index is 138. The number of hydrogen-bond donors (Lipinski definition) is 0. The zero-order valence-electron chi connectivity index (χ0n) is 11.7. The van der Waals surface area contributed by atoms with Gasteiger partial charge in [-0.15, -0.1) is 0 Å². The summed E-state index contributed by atoms with van der Waals surface area (Å²) in [6.07, 6.45) is 0. The quantitative estimate of drug-likeness (QED) is 0.320. The molecule has 0 saturated carbocycles. The van der Waals surface area contributed by atoms with Crippen molar-refractivity contribution in [3.05, 3.63) is 0 Å². The van der Waals surface area contributed by atoms with Crippen LogP contribution in [0.15, 0.2) is 0 Å². The molecule has 0 aromatic rings. The molecule has 0 nitrogen and oxygen atoms in total. The molecule has 0 fully saturated rings. The van der Waals surface area contributed by atoms with Gasteiger partial charge < -0.3 is 0 Å². The van der Waals surface area contributed by atoms with E-state index in [1.807, 2.05) is 0 Å². The van der Waals surface area contributed by atoms with E-state index in [9.17, 15) is 0 Å². The van der Waals surface area contributed by atoms with E-state index in [0.717, 1.165) is 0 Å². The van der Waals surface area contributed by atoms with Crippen LogP contribution < -0.4 is 0 Å². The number of halogens is 1. The summed E-state index contributed by atoms with van der Waals surface area (Å²) >= 11 is 4.97. The molecule has 0 radical (unpaired) electrons. The second kappa shape index (κ2) is 6.55. The third kappa shape index (κ3) is 7.55. The first-order valence-corrected chi connectivity index (χ1v) is 11.6. The van der Waals surface area contributed by atoms with Gasteiger partial charge in [-0.1, -0.05) is 0 Å². The Morgan fingerprint density at radius 3 is 0.733 bits per heavy atom. The van der Waals surface area contributed by atoms with E-state index in [0.29, 0.717) is 15.5 Å². The average molecular weight is 480 g/mol. The zero-order valence-corrected chi connectivity index (χ0v) is 16.4. The molecule has 0 aliphatic carbocycles. The second-order valence-corrected chi connectivity index (χ2v) is 12.4. The molecular weight excluding hydrogens is 452 g/mol. The van der Waals surface area contributed by atoms with Gasteiger partial charge in [0.2, 0.25) is 0 Å². The Hall–Kier alpha value is 1.65. The number of rotatable bonds is 0. The summed E-state index contributed by atoms with van der Waals surface area (Å²) in [5.74, 6) is 0. The molecule has 15 heavy (non-hydrogen) atoms. The van der Waals surface area contributed by atoms with E-state index in [-0.39, 0.29) is 0 Å². The van der Waals surface area contributed by atoms with Crippen molar-refractivity contribution in [2.24, 2.45) is 0 Å². The van der Waals surface area contributed by atoms with Gasteiger partial charge in [0.15, 0.2) is 0 Å². The monoisotopic (exact) mass is 479 g/mol. The minimum absolute atomic E-state index is 0.391. The van der Waals surface area contributed by atoms with Crippen molar-refractivity contribution in [2.75, 3.05) is 0 Å². The summed E-state index contributed by atoms with van der Waals surface area (Å²) in [5.41, 5.74) is 0. The molecule has 0 aliphatic rings. The van der Waals surface area contributed by atoms with Crippen molar-refractivity contribution >= 4 is 20.9 Å². The molecule has 98 valence electrons. The molecule has 0 saturated heterocycles. The molecule has 3 heteroatoms. The first kappa shape index (κ1) is 19.0. The van der Waals surface area contributed by atoms with Crippen molar-refractivity contribution in [3.8, 4) is 0 Å². The maximum absolute atomic E-state index is 2.88. The van der Waals surface area contributed by atoms with E-state index in [1.165, 1.54) is 0 Å². The normalized spacial score (nSPS) is 13.7. The van der Waals surface area contributed by atoms with Crippen LogP contribution in [0.3, 0.4) is 0 Å². The molecular formula is C12H28AuBrP+. The summed E-state index contributed by atoms with van der Waals surface area (Å²) in [7, 11) is -0.391. The SMILES string of the molecule is CC(C)(C)[PH+](C(C)(C)C)C(C)(C)C.[Br][Au]. The van der Waals surface area contributed by atoms with Crippen molar-refractivity contribution < 1.29 is 18.9 Å². The maximum atomic E-state index is 2.88. The fourth-order valence-electron chi connectivity index (χ4n) is 3.38. The summed E-state index contributed by atoms with van der Waals surface area (Å²) in [5, 5.41) is 1.46. The molecule has 0 atom stereocenters. The average Bonchev–Trinajstić information content (AvgIpc) is 1.79. The van der Waals surface area contributed by atoms with Crippen molar-refractivity contribution in [3.63, 3.8) is 0 Å². The van der Waals surface area contributed by atoms with Crippen LogP contribution in [0.4, 0.5) is 0 Å². The van der Waals surface area contributed by atoms with Crippen LogP contribution in [0.5, 0.6) is 0 Å². The topological polar surface area (TPSA) is 0 Å². The Morgan fingerprint density at radius 1 is 0.600 bits per heavy atom. The van der Waals surface area contributed by atoms with E-state index in [1.54, 1.807) is 0 Å². The van der Waals surface area contributed by atoms with Gasteiger partial charge in [0.05, 0.1) is 15.5 Å². The van der Waals surface area contributed by atoms with Gasteiger partial charge >= 0.3 is 32.0 Å². The van der Waals surface area contributed by atoms with E-state index < -0.39 is 7.92 Å². The first-order valence-electron chi connectivity index (χ1n) is 5.36. The molecule has 0 heterocycles. The van der Waals surface area contributed by atoms with Crippen LogP contribution in [0.25, 0.3) is 0 Å². The molecule has 0 unspecified atom stereocenters. The van der Waals surface area contributed by atoms with Crippen LogP contribution in [0.1, 0.15) is 62.3 Å². The molecule has 0 aromatic carbocycles. The Morgan fingerprint density at radius 2 is 0.733 bits per heavy atom. The van der Waals surface area contributed by atoms with Crippen molar-refractivity contribution in [2.45, 2.75) is 77.8 Å². The van der Waals surface area contributed by atoms with Crippen LogP contribution in [-0.2, 0) is 18.9 Å². The molecule has 0 aromatic heterocycles. The van der Waals surface area contributed by atoms with Gasteiger partial charge in [0, 0.05) is 7.92 Å². The van der Waals surface area contributed by atoms with E-state index in [2.05, 4.69) is 94.3 Å². The molecule has 0 bridgehead atoms. The van der Waals surface area contributed by atoms with Gasteiger partial charge in [0.1, 0.15) is 0 Å². The van der Waals surface area contributed by atoms with Gasteiger partial charge in [0.25, 0.3) is 0 Å². The van der Waals surface area contributed by atoms with Gasteiger partial charge in [-0.2, -0.15) is 0 Å². The standard InChI is InChI=1S/C12H27P.Au.BrH/c1-10(2,3)13(11(4,5)6)12(7,8)9;;/h1-9H3;;1H/q;+1;. The predicted molar refractivity (Wildman–Crippen MR) is 76.5 cm³/mol. The van der Waals surface area contributed by atoms with Crippen molar-refractivity contribution in [1.29, 1.82) is 0 Å². The Balaban J connectivity index is 0. The van der Waals surface area contributed by atoms with Gasteiger partial charge in [-0.3, -0.25) is 0 Å².